The highest BCUT2D eigenvalue weighted by Crippen LogP contribution is 2.33. The Morgan fingerprint density at radius 3 is 2.47 bits per heavy atom. The summed E-state index contributed by atoms with van der Waals surface area (Å²) in [6, 6.07) is 2.68. The van der Waals surface area contributed by atoms with Crippen molar-refractivity contribution in [2.75, 3.05) is 6.61 Å². The van der Waals surface area contributed by atoms with Crippen LogP contribution in [0.25, 0.3) is 0 Å². The molecule has 0 amide bonds. The predicted molar refractivity (Wildman–Crippen MR) is 77.6 cm³/mol. The van der Waals surface area contributed by atoms with Gasteiger partial charge < -0.3 is 10.5 Å². The van der Waals surface area contributed by atoms with Crippen LogP contribution < -0.4 is 5.73 Å². The summed E-state index contributed by atoms with van der Waals surface area (Å²) < 4.78 is 33.0. The lowest BCUT2D eigenvalue weighted by Gasteiger charge is -2.22. The lowest BCUT2D eigenvalue weighted by molar-refractivity contribution is -0.174. The van der Waals surface area contributed by atoms with Crippen molar-refractivity contribution in [2.45, 2.75) is 18.9 Å². The summed E-state index contributed by atoms with van der Waals surface area (Å²) in [6.45, 7) is 1.33. The number of nitrogens with two attached hydrogens (primary N) is 1. The van der Waals surface area contributed by atoms with Gasteiger partial charge in [-0.15, -0.1) is 12.4 Å². The summed E-state index contributed by atoms with van der Waals surface area (Å²) in [6.07, 6.45) is 0. The number of alkyl halides is 2. The highest BCUT2D eigenvalue weighted by atomic mass is 79.9. The van der Waals surface area contributed by atoms with Crippen LogP contribution in [0.15, 0.2) is 27.1 Å². The Balaban J connectivity index is 0.00000324. The molecule has 0 spiro atoms. The lowest BCUT2D eigenvalue weighted by Crippen LogP contribution is -2.41. The number of rotatable bonds is 4. The van der Waals surface area contributed by atoms with Crippen molar-refractivity contribution in [1.29, 1.82) is 0 Å². The number of hydrogen-bond acceptors (Lipinski definition) is 3. The Labute approximate surface area is 132 Å². The van der Waals surface area contributed by atoms with E-state index in [1.165, 1.54) is 19.1 Å². The van der Waals surface area contributed by atoms with E-state index in [0.717, 1.165) is 0 Å². The Kier molecular flexibility index (Phi) is 7.42. The zero-order chi connectivity index (χ0) is 13.9. The van der Waals surface area contributed by atoms with Gasteiger partial charge in [-0.2, -0.15) is 8.78 Å². The van der Waals surface area contributed by atoms with Gasteiger partial charge in [0, 0.05) is 8.95 Å². The Bertz CT molecular complexity index is 460. The number of benzene rings is 1. The molecule has 0 aliphatic heterocycles. The van der Waals surface area contributed by atoms with Gasteiger partial charge in [-0.1, -0.05) is 6.07 Å². The Morgan fingerprint density at radius 2 is 2.00 bits per heavy atom. The maximum atomic E-state index is 13.7. The number of esters is 1. The molecule has 0 radical (unpaired) electrons. The molecule has 0 aromatic heterocycles. The monoisotopic (exact) mass is 421 g/mol. The van der Waals surface area contributed by atoms with E-state index in [4.69, 9.17) is 5.73 Å². The van der Waals surface area contributed by atoms with Crippen LogP contribution in [-0.2, 0) is 9.53 Å². The van der Waals surface area contributed by atoms with E-state index in [1.54, 1.807) is 6.07 Å². The highest BCUT2D eigenvalue weighted by Gasteiger charge is 2.47. The first-order chi connectivity index (χ1) is 8.30. The van der Waals surface area contributed by atoms with Crippen LogP contribution >= 0.6 is 44.3 Å². The summed E-state index contributed by atoms with van der Waals surface area (Å²) in [5.74, 6) is -5.37. The number of halogens is 5. The molecular weight excluding hydrogens is 411 g/mol. The van der Waals surface area contributed by atoms with Gasteiger partial charge in [-0.25, -0.2) is 4.79 Å². The standard InChI is InChI=1S/C11H11Br2F2NO2.ClH/c1-2-18-10(17)11(14,15)9(16)6-3-4-7(12)8(13)5-6;/h3-5,9H,2,16H2,1H3;1H/t9-;/m0./s1. The van der Waals surface area contributed by atoms with Crippen LogP contribution in [0.2, 0.25) is 0 Å². The van der Waals surface area contributed by atoms with Crippen molar-refractivity contribution in [3.8, 4) is 0 Å². The summed E-state index contributed by atoms with van der Waals surface area (Å²) in [4.78, 5) is 11.2. The van der Waals surface area contributed by atoms with Gasteiger partial charge in [-0.3, -0.25) is 0 Å². The van der Waals surface area contributed by atoms with E-state index in [9.17, 15) is 13.6 Å². The molecule has 1 aromatic carbocycles. The third-order valence-electron chi connectivity index (χ3n) is 2.24. The van der Waals surface area contributed by atoms with Crippen LogP contribution in [0.3, 0.4) is 0 Å². The quantitative estimate of drug-likeness (QED) is 0.749. The second kappa shape index (κ2) is 7.52. The number of hydrogen-bond donors (Lipinski definition) is 1. The largest absolute Gasteiger partial charge is 0.462 e. The molecule has 108 valence electrons. The molecule has 1 aromatic rings. The molecule has 0 heterocycles. The normalized spacial score (nSPS) is 12.5. The zero-order valence-electron chi connectivity index (χ0n) is 9.83. The van der Waals surface area contributed by atoms with E-state index in [0.29, 0.717) is 8.95 Å². The third-order valence-corrected chi connectivity index (χ3v) is 4.12. The third kappa shape index (κ3) is 4.37. The summed E-state index contributed by atoms with van der Waals surface area (Å²) in [7, 11) is 0. The van der Waals surface area contributed by atoms with E-state index in [2.05, 4.69) is 36.6 Å². The van der Waals surface area contributed by atoms with E-state index < -0.39 is 17.9 Å². The van der Waals surface area contributed by atoms with Crippen molar-refractivity contribution in [2.24, 2.45) is 5.73 Å². The molecule has 0 aliphatic rings. The van der Waals surface area contributed by atoms with Crippen molar-refractivity contribution in [3.05, 3.63) is 32.7 Å². The number of ether oxygens (including phenoxy) is 1. The highest BCUT2D eigenvalue weighted by molar-refractivity contribution is 9.13. The molecule has 2 N–H and O–H groups in total. The van der Waals surface area contributed by atoms with E-state index >= 15 is 0 Å². The Hall–Kier alpha value is -0.240. The molecule has 0 fully saturated rings. The summed E-state index contributed by atoms with van der Waals surface area (Å²) >= 11 is 6.40. The van der Waals surface area contributed by atoms with Crippen molar-refractivity contribution < 1.29 is 18.3 Å². The molecule has 1 atom stereocenters. The van der Waals surface area contributed by atoms with Gasteiger partial charge in [0.2, 0.25) is 0 Å². The first kappa shape index (κ1) is 18.8. The Morgan fingerprint density at radius 1 is 1.42 bits per heavy atom. The fourth-order valence-electron chi connectivity index (χ4n) is 1.27. The fourth-order valence-corrected chi connectivity index (χ4v) is 1.91. The summed E-state index contributed by atoms with van der Waals surface area (Å²) in [5.41, 5.74) is 5.58. The van der Waals surface area contributed by atoms with Gasteiger partial charge >= 0.3 is 11.9 Å². The molecule has 0 saturated heterocycles. The average molecular weight is 423 g/mol. The first-order valence-electron chi connectivity index (χ1n) is 5.06. The molecular formula is C11H12Br2ClF2NO2. The van der Waals surface area contributed by atoms with E-state index in [-0.39, 0.29) is 24.6 Å². The van der Waals surface area contributed by atoms with Gasteiger partial charge in [0.15, 0.2) is 0 Å². The predicted octanol–water partition coefficient (Wildman–Crippen LogP) is 3.83. The average Bonchev–Trinajstić information content (AvgIpc) is 2.32. The molecule has 3 nitrogen and oxygen atoms in total. The van der Waals surface area contributed by atoms with Crippen LogP contribution in [0.5, 0.6) is 0 Å². The SMILES string of the molecule is CCOC(=O)C(F)(F)[C@@H](N)c1ccc(Br)c(Br)c1.Cl. The maximum Gasteiger partial charge on any atom is 0.379 e. The van der Waals surface area contributed by atoms with Gasteiger partial charge in [0.05, 0.1) is 6.61 Å². The number of carbonyl (C=O) groups excluding carboxylic acids is 1. The van der Waals surface area contributed by atoms with Gasteiger partial charge in [0.25, 0.3) is 0 Å². The summed E-state index contributed by atoms with van der Waals surface area (Å²) in [5, 5.41) is 0. The van der Waals surface area contributed by atoms with Gasteiger partial charge in [-0.05, 0) is 56.5 Å². The molecule has 0 bridgehead atoms. The molecule has 0 saturated carbocycles. The lowest BCUT2D eigenvalue weighted by atomic mass is 10.0. The molecule has 8 heteroatoms. The number of carbonyl (C=O) groups is 1. The minimum atomic E-state index is -3.76. The van der Waals surface area contributed by atoms with Crippen LogP contribution in [0.1, 0.15) is 18.5 Å². The first-order valence-corrected chi connectivity index (χ1v) is 6.64. The van der Waals surface area contributed by atoms with Crippen LogP contribution in [0.4, 0.5) is 8.78 Å². The van der Waals surface area contributed by atoms with Crippen molar-refractivity contribution in [1.82, 2.24) is 0 Å². The van der Waals surface area contributed by atoms with Crippen molar-refractivity contribution in [3.63, 3.8) is 0 Å². The topological polar surface area (TPSA) is 52.3 Å². The van der Waals surface area contributed by atoms with Crippen LogP contribution in [0, 0.1) is 0 Å². The van der Waals surface area contributed by atoms with E-state index in [1.807, 2.05) is 0 Å². The minimum Gasteiger partial charge on any atom is -0.462 e. The molecule has 19 heavy (non-hydrogen) atoms. The van der Waals surface area contributed by atoms with Gasteiger partial charge in [0.1, 0.15) is 6.04 Å². The fraction of sp³-hybridized carbons (Fsp3) is 0.364. The molecule has 1 rings (SSSR count). The smallest absolute Gasteiger partial charge is 0.379 e. The second-order valence-electron chi connectivity index (χ2n) is 3.49. The zero-order valence-corrected chi connectivity index (χ0v) is 13.8. The van der Waals surface area contributed by atoms with Crippen LogP contribution in [-0.4, -0.2) is 18.5 Å². The second-order valence-corrected chi connectivity index (χ2v) is 5.20. The minimum absolute atomic E-state index is 0. The molecule has 0 unspecified atom stereocenters. The maximum absolute atomic E-state index is 13.7. The van der Waals surface area contributed by atoms with Crippen molar-refractivity contribution >= 4 is 50.2 Å². The molecule has 0 aliphatic carbocycles.